The zero-order valence-electron chi connectivity index (χ0n) is 10.9. The Morgan fingerprint density at radius 3 is 3.05 bits per heavy atom. The van der Waals surface area contributed by atoms with Crippen molar-refractivity contribution in [2.45, 2.75) is 12.5 Å². The summed E-state index contributed by atoms with van der Waals surface area (Å²) in [5, 5.41) is 0. The molecular weight excluding hydrogens is 268 g/mol. The Labute approximate surface area is 113 Å². The first-order valence-corrected chi connectivity index (χ1v) is 7.76. The molecule has 1 atom stereocenters. The van der Waals surface area contributed by atoms with Gasteiger partial charge < -0.3 is 9.47 Å². The van der Waals surface area contributed by atoms with Crippen LogP contribution in [0.5, 0.6) is 5.75 Å². The zero-order chi connectivity index (χ0) is 13.7. The van der Waals surface area contributed by atoms with Gasteiger partial charge in [-0.2, -0.15) is 4.31 Å². The van der Waals surface area contributed by atoms with Gasteiger partial charge in [-0.1, -0.05) is 0 Å². The van der Waals surface area contributed by atoms with E-state index in [1.807, 2.05) is 6.07 Å². The summed E-state index contributed by atoms with van der Waals surface area (Å²) < 4.78 is 35.9. The average molecular weight is 286 g/mol. The van der Waals surface area contributed by atoms with Crippen molar-refractivity contribution in [3.63, 3.8) is 0 Å². The molecule has 7 heteroatoms. The molecule has 0 N–H and O–H groups in total. The molecule has 0 bridgehead atoms. The van der Waals surface area contributed by atoms with E-state index < -0.39 is 10.0 Å². The summed E-state index contributed by atoms with van der Waals surface area (Å²) in [6, 6.07) is 3.60. The maximum atomic E-state index is 12.0. The lowest BCUT2D eigenvalue weighted by atomic mass is 10.3. The van der Waals surface area contributed by atoms with Crippen molar-refractivity contribution in [1.29, 1.82) is 0 Å². The summed E-state index contributed by atoms with van der Waals surface area (Å²) in [4.78, 5) is 3.96. The summed E-state index contributed by atoms with van der Waals surface area (Å²) in [5.41, 5.74) is 0. The number of pyridine rings is 1. The molecule has 1 saturated heterocycles. The highest BCUT2D eigenvalue weighted by Crippen LogP contribution is 2.19. The van der Waals surface area contributed by atoms with Crippen LogP contribution in [0.4, 0.5) is 0 Å². The minimum Gasteiger partial charge on any atom is -0.487 e. The van der Waals surface area contributed by atoms with Crippen LogP contribution in [0.2, 0.25) is 0 Å². The molecule has 0 radical (unpaired) electrons. The van der Waals surface area contributed by atoms with Crippen LogP contribution in [0.15, 0.2) is 24.5 Å². The monoisotopic (exact) mass is 286 g/mol. The average Bonchev–Trinajstić information content (AvgIpc) is 2.87. The minimum absolute atomic E-state index is 0.0170. The fourth-order valence-corrected chi connectivity index (χ4v) is 3.39. The maximum Gasteiger partial charge on any atom is 0.216 e. The number of ether oxygens (including phenoxy) is 2. The predicted octanol–water partition coefficient (Wildman–Crippen LogP) is 0.511. The van der Waals surface area contributed by atoms with Gasteiger partial charge in [0.05, 0.1) is 25.1 Å². The van der Waals surface area contributed by atoms with Crippen LogP contribution in [-0.4, -0.2) is 56.4 Å². The zero-order valence-corrected chi connectivity index (χ0v) is 11.7. The Bertz CT molecular complexity index is 492. The molecule has 106 valence electrons. The van der Waals surface area contributed by atoms with Gasteiger partial charge in [0, 0.05) is 19.9 Å². The molecule has 1 fully saturated rings. The molecule has 0 unspecified atom stereocenters. The van der Waals surface area contributed by atoms with E-state index >= 15 is 0 Å². The summed E-state index contributed by atoms with van der Waals surface area (Å²) in [7, 11) is -1.74. The van der Waals surface area contributed by atoms with Crippen LogP contribution in [0.1, 0.15) is 6.42 Å². The van der Waals surface area contributed by atoms with Gasteiger partial charge in [0.25, 0.3) is 0 Å². The van der Waals surface area contributed by atoms with E-state index in [2.05, 4.69) is 4.98 Å². The second-order valence-corrected chi connectivity index (χ2v) is 6.47. The lowest BCUT2D eigenvalue weighted by molar-refractivity contribution is 0.210. The third-order valence-corrected chi connectivity index (χ3v) is 4.78. The van der Waals surface area contributed by atoms with Crippen molar-refractivity contribution in [2.24, 2.45) is 0 Å². The molecule has 0 aliphatic carbocycles. The van der Waals surface area contributed by atoms with Crippen molar-refractivity contribution >= 4 is 10.0 Å². The Hall–Kier alpha value is -1.18. The van der Waals surface area contributed by atoms with Crippen LogP contribution >= 0.6 is 0 Å². The second kappa shape index (κ2) is 6.31. The van der Waals surface area contributed by atoms with Crippen LogP contribution in [0.3, 0.4) is 0 Å². The smallest absolute Gasteiger partial charge is 0.216 e. The highest BCUT2D eigenvalue weighted by atomic mass is 32.2. The summed E-state index contributed by atoms with van der Waals surface area (Å²) in [6.07, 6.45) is 3.88. The maximum absolute atomic E-state index is 12.0. The van der Waals surface area contributed by atoms with E-state index in [-0.39, 0.29) is 18.5 Å². The van der Waals surface area contributed by atoms with Gasteiger partial charge >= 0.3 is 0 Å². The number of nitrogens with zero attached hydrogens (tertiary/aromatic N) is 2. The quantitative estimate of drug-likeness (QED) is 0.762. The fourth-order valence-electron chi connectivity index (χ4n) is 1.97. The van der Waals surface area contributed by atoms with Gasteiger partial charge in [-0.3, -0.25) is 4.98 Å². The Morgan fingerprint density at radius 2 is 2.37 bits per heavy atom. The molecule has 0 amide bonds. The molecule has 0 saturated carbocycles. The van der Waals surface area contributed by atoms with Crippen LogP contribution in [-0.2, 0) is 14.8 Å². The van der Waals surface area contributed by atoms with Crippen molar-refractivity contribution in [3.05, 3.63) is 24.5 Å². The van der Waals surface area contributed by atoms with Crippen LogP contribution in [0, 0.1) is 0 Å². The van der Waals surface area contributed by atoms with Gasteiger partial charge in [-0.05, 0) is 18.6 Å². The van der Waals surface area contributed by atoms with Crippen molar-refractivity contribution in [1.82, 2.24) is 9.29 Å². The van der Waals surface area contributed by atoms with Gasteiger partial charge in [-0.25, -0.2) is 8.42 Å². The van der Waals surface area contributed by atoms with Gasteiger partial charge in [0.1, 0.15) is 11.9 Å². The van der Waals surface area contributed by atoms with E-state index in [9.17, 15) is 8.42 Å². The predicted molar refractivity (Wildman–Crippen MR) is 70.5 cm³/mol. The number of methoxy groups -OCH3 is 1. The number of hydrogen-bond donors (Lipinski definition) is 0. The summed E-state index contributed by atoms with van der Waals surface area (Å²) in [5.74, 6) is 0.687. The molecule has 1 aromatic heterocycles. The lowest BCUT2D eigenvalue weighted by Crippen LogP contribution is -2.34. The largest absolute Gasteiger partial charge is 0.487 e. The van der Waals surface area contributed by atoms with Gasteiger partial charge in [-0.15, -0.1) is 0 Å². The van der Waals surface area contributed by atoms with E-state index in [1.54, 1.807) is 18.5 Å². The standard InChI is InChI=1S/C12H18N2O4S/c1-17-7-8-19(15,16)14-6-4-12(10-14)18-11-3-2-5-13-9-11/h2-3,5,9,12H,4,6-8,10H2,1H3/t12-/m1/s1. The normalized spacial score (nSPS) is 20.6. The summed E-state index contributed by atoms with van der Waals surface area (Å²) in [6.45, 7) is 1.10. The number of sulfonamides is 1. The molecule has 1 aromatic rings. The van der Waals surface area contributed by atoms with Crippen molar-refractivity contribution in [2.75, 3.05) is 32.6 Å². The number of hydrogen-bond acceptors (Lipinski definition) is 5. The molecule has 2 rings (SSSR count). The summed E-state index contributed by atoms with van der Waals surface area (Å²) >= 11 is 0. The van der Waals surface area contributed by atoms with Gasteiger partial charge in [0.15, 0.2) is 0 Å². The molecule has 0 spiro atoms. The van der Waals surface area contributed by atoms with Crippen molar-refractivity contribution in [3.8, 4) is 5.75 Å². The topological polar surface area (TPSA) is 68.7 Å². The Balaban J connectivity index is 1.89. The SMILES string of the molecule is COCCS(=O)(=O)N1CC[C@@H](Oc2cccnc2)C1. The Morgan fingerprint density at radius 1 is 1.53 bits per heavy atom. The van der Waals surface area contributed by atoms with Gasteiger partial charge in [0.2, 0.25) is 10.0 Å². The van der Waals surface area contributed by atoms with Crippen LogP contribution in [0.25, 0.3) is 0 Å². The Kier molecular flexibility index (Phi) is 4.73. The van der Waals surface area contributed by atoms with E-state index in [4.69, 9.17) is 9.47 Å². The molecule has 1 aliphatic heterocycles. The second-order valence-electron chi connectivity index (χ2n) is 4.38. The third kappa shape index (κ3) is 3.89. The molecule has 0 aromatic carbocycles. The first kappa shape index (κ1) is 14.2. The highest BCUT2D eigenvalue weighted by molar-refractivity contribution is 7.89. The van der Waals surface area contributed by atoms with E-state index in [0.29, 0.717) is 25.3 Å². The molecule has 6 nitrogen and oxygen atoms in total. The molecular formula is C12H18N2O4S. The fraction of sp³-hybridized carbons (Fsp3) is 0.583. The van der Waals surface area contributed by atoms with Crippen molar-refractivity contribution < 1.29 is 17.9 Å². The third-order valence-electron chi connectivity index (χ3n) is 2.98. The minimum atomic E-state index is -3.23. The highest BCUT2D eigenvalue weighted by Gasteiger charge is 2.32. The van der Waals surface area contributed by atoms with E-state index in [1.165, 1.54) is 11.4 Å². The van der Waals surface area contributed by atoms with Crippen LogP contribution < -0.4 is 4.74 Å². The van der Waals surface area contributed by atoms with E-state index in [0.717, 1.165) is 0 Å². The molecule has 19 heavy (non-hydrogen) atoms. The molecule has 1 aliphatic rings. The number of rotatable bonds is 6. The first-order chi connectivity index (χ1) is 9.12. The lowest BCUT2D eigenvalue weighted by Gasteiger charge is -2.16. The first-order valence-electron chi connectivity index (χ1n) is 6.15. The molecule has 2 heterocycles. The number of aromatic nitrogens is 1.